The molecule has 20 heavy (non-hydrogen) atoms. The van der Waals surface area contributed by atoms with E-state index in [9.17, 15) is 0 Å². The zero-order valence-corrected chi connectivity index (χ0v) is 12.1. The lowest BCUT2D eigenvalue weighted by Crippen LogP contribution is -2.14. The van der Waals surface area contributed by atoms with Crippen LogP contribution in [0.1, 0.15) is 29.2 Å². The summed E-state index contributed by atoms with van der Waals surface area (Å²) in [5, 5.41) is 7.08. The van der Waals surface area contributed by atoms with E-state index < -0.39 is 0 Å². The topological polar surface area (TPSA) is 24.1 Å². The van der Waals surface area contributed by atoms with Gasteiger partial charge in [0.1, 0.15) is 0 Å². The maximum Gasteiger partial charge on any atom is 0.0419 e. The Morgan fingerprint density at radius 2 is 1.70 bits per heavy atom. The first-order valence-corrected chi connectivity index (χ1v) is 7.50. The van der Waals surface area contributed by atoms with Gasteiger partial charge in [0, 0.05) is 25.3 Å². The molecule has 2 aromatic carbocycles. The SMILES string of the molecule is CCc1ccccc1CNCc1cccc2c1NCC2. The van der Waals surface area contributed by atoms with Crippen molar-refractivity contribution in [1.82, 2.24) is 5.32 Å². The Balaban J connectivity index is 1.65. The molecule has 0 aromatic heterocycles. The highest BCUT2D eigenvalue weighted by atomic mass is 14.9. The van der Waals surface area contributed by atoms with Gasteiger partial charge in [0.2, 0.25) is 0 Å². The van der Waals surface area contributed by atoms with Crippen LogP contribution in [0, 0.1) is 0 Å². The van der Waals surface area contributed by atoms with Crippen molar-refractivity contribution in [3.63, 3.8) is 0 Å². The standard InChI is InChI=1S/C18H22N2/c1-2-14-6-3-4-7-16(14)12-19-13-17-9-5-8-15-10-11-20-18(15)17/h3-9,19-20H,2,10-13H2,1H3. The molecule has 3 rings (SSSR count). The molecule has 1 aliphatic rings. The number of nitrogens with one attached hydrogen (secondary N) is 2. The first kappa shape index (κ1) is 13.2. The third kappa shape index (κ3) is 2.70. The molecule has 0 fully saturated rings. The van der Waals surface area contributed by atoms with Gasteiger partial charge in [0.15, 0.2) is 0 Å². The molecule has 1 aliphatic heterocycles. The summed E-state index contributed by atoms with van der Waals surface area (Å²) in [5.41, 5.74) is 7.04. The predicted octanol–water partition coefficient (Wildman–Crippen LogP) is 3.51. The summed E-state index contributed by atoms with van der Waals surface area (Å²) < 4.78 is 0. The Morgan fingerprint density at radius 3 is 2.55 bits per heavy atom. The van der Waals surface area contributed by atoms with E-state index in [-0.39, 0.29) is 0 Å². The van der Waals surface area contributed by atoms with E-state index >= 15 is 0 Å². The minimum absolute atomic E-state index is 0.925. The molecule has 2 aromatic rings. The molecule has 2 nitrogen and oxygen atoms in total. The maximum absolute atomic E-state index is 3.58. The summed E-state index contributed by atoms with van der Waals surface area (Å²) >= 11 is 0. The van der Waals surface area contributed by atoms with Crippen LogP contribution in [-0.2, 0) is 25.9 Å². The highest BCUT2D eigenvalue weighted by molar-refractivity contribution is 5.61. The zero-order valence-electron chi connectivity index (χ0n) is 12.1. The molecule has 0 radical (unpaired) electrons. The van der Waals surface area contributed by atoms with Crippen molar-refractivity contribution in [2.45, 2.75) is 32.9 Å². The fourth-order valence-electron chi connectivity index (χ4n) is 2.96. The van der Waals surface area contributed by atoms with E-state index in [1.165, 1.54) is 27.9 Å². The molecule has 0 saturated carbocycles. The van der Waals surface area contributed by atoms with Gasteiger partial charge in [-0.3, -0.25) is 0 Å². The Bertz CT molecular complexity index is 590. The fourth-order valence-corrected chi connectivity index (χ4v) is 2.96. The van der Waals surface area contributed by atoms with Gasteiger partial charge in [-0.15, -0.1) is 0 Å². The maximum atomic E-state index is 3.58. The molecular formula is C18H22N2. The molecule has 0 unspecified atom stereocenters. The summed E-state index contributed by atoms with van der Waals surface area (Å²) in [6.45, 7) is 5.15. The molecule has 0 spiro atoms. The van der Waals surface area contributed by atoms with Crippen LogP contribution in [0.5, 0.6) is 0 Å². The third-order valence-electron chi connectivity index (χ3n) is 4.06. The smallest absolute Gasteiger partial charge is 0.0419 e. The van der Waals surface area contributed by atoms with E-state index in [0.717, 1.165) is 32.5 Å². The summed E-state index contributed by atoms with van der Waals surface area (Å²) in [6, 6.07) is 15.3. The number of hydrogen-bond donors (Lipinski definition) is 2. The van der Waals surface area contributed by atoms with Crippen LogP contribution in [0.15, 0.2) is 42.5 Å². The molecule has 2 heteroatoms. The second-order valence-electron chi connectivity index (χ2n) is 5.35. The van der Waals surface area contributed by atoms with E-state index in [4.69, 9.17) is 0 Å². The van der Waals surface area contributed by atoms with Gasteiger partial charge in [-0.25, -0.2) is 0 Å². The van der Waals surface area contributed by atoms with Crippen LogP contribution in [0.3, 0.4) is 0 Å². The third-order valence-corrected chi connectivity index (χ3v) is 4.06. The lowest BCUT2D eigenvalue weighted by Gasteiger charge is -2.12. The van der Waals surface area contributed by atoms with Crippen molar-refractivity contribution in [3.8, 4) is 0 Å². The fraction of sp³-hybridized carbons (Fsp3) is 0.333. The summed E-state index contributed by atoms with van der Waals surface area (Å²) in [6.07, 6.45) is 2.25. The molecule has 104 valence electrons. The van der Waals surface area contributed by atoms with E-state index in [2.05, 4.69) is 60.0 Å². The van der Waals surface area contributed by atoms with Gasteiger partial charge >= 0.3 is 0 Å². The van der Waals surface area contributed by atoms with E-state index in [1.54, 1.807) is 0 Å². The van der Waals surface area contributed by atoms with Crippen molar-refractivity contribution >= 4 is 5.69 Å². The lowest BCUT2D eigenvalue weighted by molar-refractivity contribution is 0.689. The number of aryl methyl sites for hydroxylation is 1. The Morgan fingerprint density at radius 1 is 0.950 bits per heavy atom. The molecule has 0 aliphatic carbocycles. The first-order chi connectivity index (χ1) is 9.88. The number of para-hydroxylation sites is 1. The van der Waals surface area contributed by atoms with Crippen molar-refractivity contribution in [3.05, 3.63) is 64.7 Å². The normalized spacial score (nSPS) is 13.1. The quantitative estimate of drug-likeness (QED) is 0.865. The van der Waals surface area contributed by atoms with Crippen molar-refractivity contribution in [2.75, 3.05) is 11.9 Å². The Labute approximate surface area is 121 Å². The predicted molar refractivity (Wildman–Crippen MR) is 85.0 cm³/mol. The minimum atomic E-state index is 0.925. The van der Waals surface area contributed by atoms with Crippen LogP contribution in [0.4, 0.5) is 5.69 Å². The molecule has 0 bridgehead atoms. The average Bonchev–Trinajstić information content (AvgIpc) is 2.97. The van der Waals surface area contributed by atoms with Gasteiger partial charge in [0.05, 0.1) is 0 Å². The number of benzene rings is 2. The number of rotatable bonds is 5. The summed E-state index contributed by atoms with van der Waals surface area (Å²) in [7, 11) is 0. The van der Waals surface area contributed by atoms with Crippen LogP contribution >= 0.6 is 0 Å². The van der Waals surface area contributed by atoms with Crippen molar-refractivity contribution in [1.29, 1.82) is 0 Å². The van der Waals surface area contributed by atoms with Gasteiger partial charge in [0.25, 0.3) is 0 Å². The Hall–Kier alpha value is -1.80. The molecule has 0 amide bonds. The first-order valence-electron chi connectivity index (χ1n) is 7.50. The Kier molecular flexibility index (Phi) is 4.03. The van der Waals surface area contributed by atoms with Crippen LogP contribution < -0.4 is 10.6 Å². The molecular weight excluding hydrogens is 244 g/mol. The van der Waals surface area contributed by atoms with Gasteiger partial charge in [-0.1, -0.05) is 49.4 Å². The van der Waals surface area contributed by atoms with Crippen molar-refractivity contribution < 1.29 is 0 Å². The molecule has 0 atom stereocenters. The molecule has 2 N–H and O–H groups in total. The lowest BCUT2D eigenvalue weighted by atomic mass is 10.0. The highest BCUT2D eigenvalue weighted by Crippen LogP contribution is 2.26. The van der Waals surface area contributed by atoms with Crippen LogP contribution in [0.25, 0.3) is 0 Å². The number of anilines is 1. The second-order valence-corrected chi connectivity index (χ2v) is 5.35. The molecule has 0 saturated heterocycles. The summed E-state index contributed by atoms with van der Waals surface area (Å²) in [4.78, 5) is 0. The average molecular weight is 266 g/mol. The van der Waals surface area contributed by atoms with Crippen LogP contribution in [0.2, 0.25) is 0 Å². The second kappa shape index (κ2) is 6.10. The largest absolute Gasteiger partial charge is 0.384 e. The van der Waals surface area contributed by atoms with Gasteiger partial charge in [-0.2, -0.15) is 0 Å². The molecule has 1 heterocycles. The highest BCUT2D eigenvalue weighted by Gasteiger charge is 2.12. The van der Waals surface area contributed by atoms with Crippen molar-refractivity contribution in [2.24, 2.45) is 0 Å². The van der Waals surface area contributed by atoms with Crippen LogP contribution in [-0.4, -0.2) is 6.54 Å². The minimum Gasteiger partial charge on any atom is -0.384 e. The number of hydrogen-bond acceptors (Lipinski definition) is 2. The van der Waals surface area contributed by atoms with E-state index in [1.807, 2.05) is 0 Å². The zero-order chi connectivity index (χ0) is 13.8. The van der Waals surface area contributed by atoms with Gasteiger partial charge < -0.3 is 10.6 Å². The van der Waals surface area contributed by atoms with E-state index in [0.29, 0.717) is 0 Å². The summed E-state index contributed by atoms with van der Waals surface area (Å²) in [5.74, 6) is 0. The van der Waals surface area contributed by atoms with Gasteiger partial charge in [-0.05, 0) is 35.1 Å². The number of fused-ring (bicyclic) bond motifs is 1. The monoisotopic (exact) mass is 266 g/mol.